The van der Waals surface area contributed by atoms with Crippen molar-refractivity contribution in [3.63, 3.8) is 0 Å². The molecule has 20 heavy (non-hydrogen) atoms. The van der Waals surface area contributed by atoms with Crippen LogP contribution in [0.2, 0.25) is 0 Å². The molecule has 0 spiro atoms. The molecule has 0 radical (unpaired) electrons. The Hall–Kier alpha value is -1.65. The molecule has 3 rings (SSSR count). The first-order chi connectivity index (χ1) is 9.52. The minimum absolute atomic E-state index is 0.164. The molecule has 0 bridgehead atoms. The molecule has 9 heteroatoms. The Morgan fingerprint density at radius 3 is 2.80 bits per heavy atom. The first-order valence-corrected chi connectivity index (χ1v) is 6.22. The summed E-state index contributed by atoms with van der Waals surface area (Å²) in [5.41, 5.74) is 12.2. The van der Waals surface area contributed by atoms with Crippen molar-refractivity contribution in [3.05, 3.63) is 17.8 Å². The summed E-state index contributed by atoms with van der Waals surface area (Å²) in [4.78, 5) is 3.98. The molecule has 2 aliphatic heterocycles. The second kappa shape index (κ2) is 4.72. The van der Waals surface area contributed by atoms with Crippen LogP contribution < -0.4 is 16.8 Å². The van der Waals surface area contributed by atoms with E-state index in [4.69, 9.17) is 21.3 Å². The molecule has 1 aromatic heterocycles. The molecule has 0 aliphatic carbocycles. The number of aliphatic imine (C=N–C) groups is 1. The highest BCUT2D eigenvalue weighted by Gasteiger charge is 2.44. The second-order valence-corrected chi connectivity index (χ2v) is 4.84. The van der Waals surface area contributed by atoms with Crippen LogP contribution in [-0.4, -0.2) is 50.8 Å². The molecule has 2 aliphatic rings. The van der Waals surface area contributed by atoms with Gasteiger partial charge in [-0.3, -0.25) is 0 Å². The summed E-state index contributed by atoms with van der Waals surface area (Å²) in [6, 6.07) is 1.73. The lowest BCUT2D eigenvalue weighted by Crippen LogP contribution is -2.34. The van der Waals surface area contributed by atoms with Crippen LogP contribution in [-0.2, 0) is 4.74 Å². The van der Waals surface area contributed by atoms with Crippen LogP contribution in [0.4, 0.5) is 5.82 Å². The maximum Gasteiger partial charge on any atom is 0.196 e. The molecule has 0 amide bonds. The van der Waals surface area contributed by atoms with Crippen molar-refractivity contribution in [1.29, 1.82) is 0 Å². The van der Waals surface area contributed by atoms with Gasteiger partial charge in [0.1, 0.15) is 30.3 Å². The number of anilines is 1. The van der Waals surface area contributed by atoms with Crippen LogP contribution in [0, 0.1) is 0 Å². The number of guanidine groups is 1. The van der Waals surface area contributed by atoms with Gasteiger partial charge in [0.15, 0.2) is 12.2 Å². The van der Waals surface area contributed by atoms with Crippen LogP contribution in [0.3, 0.4) is 0 Å². The van der Waals surface area contributed by atoms with Crippen LogP contribution in [0.5, 0.6) is 0 Å². The maximum atomic E-state index is 10.0. The van der Waals surface area contributed by atoms with E-state index in [-0.39, 0.29) is 12.6 Å². The zero-order valence-electron chi connectivity index (χ0n) is 10.5. The van der Waals surface area contributed by atoms with E-state index in [1.807, 2.05) is 0 Å². The fourth-order valence-corrected chi connectivity index (χ4v) is 2.53. The second-order valence-electron chi connectivity index (χ2n) is 4.84. The van der Waals surface area contributed by atoms with Gasteiger partial charge in [0.25, 0.3) is 0 Å². The highest BCUT2D eigenvalue weighted by Crippen LogP contribution is 2.36. The molecular formula is C11H17N5O4. The van der Waals surface area contributed by atoms with Crippen molar-refractivity contribution in [2.75, 3.05) is 11.9 Å². The molecule has 8 N–H and O–H groups in total. The minimum atomic E-state index is -1.17. The topological polar surface area (TPSA) is 151 Å². The summed E-state index contributed by atoms with van der Waals surface area (Å²) in [6.45, 7) is -0.380. The number of aliphatic hydroxyl groups is 3. The molecule has 110 valence electrons. The van der Waals surface area contributed by atoms with E-state index in [1.54, 1.807) is 16.8 Å². The monoisotopic (exact) mass is 283 g/mol. The average molecular weight is 283 g/mol. The summed E-state index contributed by atoms with van der Waals surface area (Å²) in [5, 5.41) is 31.8. The number of aliphatic hydroxyl groups excluding tert-OH is 3. The van der Waals surface area contributed by atoms with Crippen molar-refractivity contribution in [2.45, 2.75) is 30.7 Å². The highest BCUT2D eigenvalue weighted by molar-refractivity contribution is 5.94. The van der Waals surface area contributed by atoms with Crippen LogP contribution in [0.25, 0.3) is 0 Å². The van der Waals surface area contributed by atoms with Gasteiger partial charge in [-0.1, -0.05) is 0 Å². The summed E-state index contributed by atoms with van der Waals surface area (Å²) in [6.07, 6.45) is -2.93. The van der Waals surface area contributed by atoms with Gasteiger partial charge in [-0.25, -0.2) is 4.99 Å². The standard InChI is InChI=1S/C11H17N5O4/c12-8-4-1-2-16(9(4)15-11(13)14-8)10-7(19)6(18)5(3-17)20-10/h1-2,5-8,10,17-19H,3,12H2,(H3,13,14,15)/t5-,6-,7-,8?,10?/m1/s1. The molecule has 1 saturated heterocycles. The predicted molar refractivity (Wildman–Crippen MR) is 69.6 cm³/mol. The normalized spacial score (nSPS) is 36.4. The first-order valence-electron chi connectivity index (χ1n) is 6.22. The summed E-state index contributed by atoms with van der Waals surface area (Å²) < 4.78 is 7.05. The predicted octanol–water partition coefficient (Wildman–Crippen LogP) is -2.20. The average Bonchev–Trinajstić information content (AvgIpc) is 2.93. The van der Waals surface area contributed by atoms with Crippen molar-refractivity contribution in [1.82, 2.24) is 4.57 Å². The Morgan fingerprint density at radius 1 is 1.40 bits per heavy atom. The van der Waals surface area contributed by atoms with Gasteiger partial charge in [-0.2, -0.15) is 0 Å². The van der Waals surface area contributed by atoms with E-state index in [2.05, 4.69) is 10.3 Å². The number of aromatic nitrogens is 1. The lowest BCUT2D eigenvalue weighted by atomic mass is 10.1. The lowest BCUT2D eigenvalue weighted by Gasteiger charge is -2.24. The van der Waals surface area contributed by atoms with Gasteiger partial charge in [-0.15, -0.1) is 0 Å². The zero-order valence-corrected chi connectivity index (χ0v) is 10.5. The van der Waals surface area contributed by atoms with Gasteiger partial charge < -0.3 is 41.4 Å². The van der Waals surface area contributed by atoms with E-state index in [0.717, 1.165) is 0 Å². The molecule has 2 unspecified atom stereocenters. The number of nitrogens with zero attached hydrogens (tertiary/aromatic N) is 2. The number of hydrogen-bond donors (Lipinski definition) is 6. The number of nitrogens with two attached hydrogens (primary N) is 2. The molecule has 3 heterocycles. The summed E-state index contributed by atoms with van der Waals surface area (Å²) in [5.74, 6) is 0.719. The van der Waals surface area contributed by atoms with Gasteiger partial charge in [0.2, 0.25) is 0 Å². The maximum absolute atomic E-state index is 10.0. The number of nitrogens with one attached hydrogen (secondary N) is 1. The van der Waals surface area contributed by atoms with Crippen molar-refractivity contribution >= 4 is 11.8 Å². The third-order valence-corrected chi connectivity index (χ3v) is 3.58. The third kappa shape index (κ3) is 1.87. The number of rotatable bonds is 2. The van der Waals surface area contributed by atoms with Crippen LogP contribution in [0.1, 0.15) is 18.0 Å². The van der Waals surface area contributed by atoms with Gasteiger partial charge in [0, 0.05) is 11.8 Å². The third-order valence-electron chi connectivity index (χ3n) is 3.58. The van der Waals surface area contributed by atoms with E-state index in [9.17, 15) is 10.2 Å². The quantitative estimate of drug-likeness (QED) is 0.360. The Balaban J connectivity index is 1.94. The molecule has 5 atom stereocenters. The van der Waals surface area contributed by atoms with Crippen molar-refractivity contribution < 1.29 is 20.1 Å². The smallest absolute Gasteiger partial charge is 0.196 e. The van der Waals surface area contributed by atoms with E-state index >= 15 is 0 Å². The Labute approximate surface area is 114 Å². The van der Waals surface area contributed by atoms with E-state index in [1.165, 1.54) is 0 Å². The Bertz CT molecular complexity index is 545. The highest BCUT2D eigenvalue weighted by atomic mass is 16.6. The number of ether oxygens (including phenoxy) is 1. The number of fused-ring (bicyclic) bond motifs is 1. The van der Waals surface area contributed by atoms with Crippen molar-refractivity contribution in [3.8, 4) is 0 Å². The largest absolute Gasteiger partial charge is 0.394 e. The van der Waals surface area contributed by atoms with E-state index in [0.29, 0.717) is 11.4 Å². The van der Waals surface area contributed by atoms with Crippen molar-refractivity contribution in [2.24, 2.45) is 16.5 Å². The fraction of sp³-hybridized carbons (Fsp3) is 0.545. The Morgan fingerprint density at radius 2 is 2.15 bits per heavy atom. The molecule has 0 saturated carbocycles. The SMILES string of the molecule is NC1=NC(N)c2ccn(C3O[C@H](CO)[C@@H](O)[C@H]3O)c2N1. The molecular weight excluding hydrogens is 266 g/mol. The first kappa shape index (κ1) is 13.3. The molecule has 0 aromatic carbocycles. The molecule has 9 nitrogen and oxygen atoms in total. The Kier molecular flexibility index (Phi) is 3.15. The zero-order chi connectivity index (χ0) is 14.4. The minimum Gasteiger partial charge on any atom is -0.394 e. The fourth-order valence-electron chi connectivity index (χ4n) is 2.53. The summed E-state index contributed by atoms with van der Waals surface area (Å²) >= 11 is 0. The lowest BCUT2D eigenvalue weighted by molar-refractivity contribution is -0.0516. The van der Waals surface area contributed by atoms with Crippen LogP contribution in [0.15, 0.2) is 17.3 Å². The number of hydrogen-bond acceptors (Lipinski definition) is 8. The molecule has 1 aromatic rings. The van der Waals surface area contributed by atoms with Gasteiger partial charge in [-0.05, 0) is 6.07 Å². The summed E-state index contributed by atoms with van der Waals surface area (Å²) in [7, 11) is 0. The van der Waals surface area contributed by atoms with Gasteiger partial charge >= 0.3 is 0 Å². The van der Waals surface area contributed by atoms with Crippen LogP contribution >= 0.6 is 0 Å². The molecule has 1 fully saturated rings. The van der Waals surface area contributed by atoms with E-state index < -0.39 is 30.7 Å². The van der Waals surface area contributed by atoms with Gasteiger partial charge in [0.05, 0.1) is 6.61 Å².